The standard InChI is InChI=1S/C13H15NO3/c1-9(7-15)11-8-17-13(14-11)10-5-3-4-6-12(10)16-2/h3-6,8-9,15H,7H2,1-2H3. The Morgan fingerprint density at radius 2 is 2.18 bits per heavy atom. The van der Waals surface area contributed by atoms with Gasteiger partial charge in [0, 0.05) is 5.92 Å². The molecule has 0 fully saturated rings. The topological polar surface area (TPSA) is 55.5 Å². The maximum atomic E-state index is 9.06. The number of rotatable bonds is 4. The molecule has 2 rings (SSSR count). The van der Waals surface area contributed by atoms with Crippen molar-refractivity contribution in [3.8, 4) is 17.2 Å². The van der Waals surface area contributed by atoms with E-state index in [4.69, 9.17) is 14.3 Å². The molecule has 0 aliphatic rings. The summed E-state index contributed by atoms with van der Waals surface area (Å²) < 4.78 is 10.7. The summed E-state index contributed by atoms with van der Waals surface area (Å²) in [7, 11) is 1.61. The predicted molar refractivity (Wildman–Crippen MR) is 64.0 cm³/mol. The molecule has 0 saturated heterocycles. The third-order valence-electron chi connectivity index (χ3n) is 2.64. The molecule has 0 aliphatic heterocycles. The highest BCUT2D eigenvalue weighted by atomic mass is 16.5. The molecule has 4 heteroatoms. The first kappa shape index (κ1) is 11.7. The Morgan fingerprint density at radius 1 is 1.41 bits per heavy atom. The molecule has 1 atom stereocenters. The Bertz CT molecular complexity index is 493. The van der Waals surface area contributed by atoms with Crippen LogP contribution in [-0.4, -0.2) is 23.8 Å². The summed E-state index contributed by atoms with van der Waals surface area (Å²) in [4.78, 5) is 4.35. The van der Waals surface area contributed by atoms with Crippen molar-refractivity contribution < 1.29 is 14.3 Å². The van der Waals surface area contributed by atoms with Gasteiger partial charge in [-0.25, -0.2) is 4.98 Å². The van der Waals surface area contributed by atoms with Crippen LogP contribution in [0.25, 0.3) is 11.5 Å². The Labute approximate surface area is 99.9 Å². The van der Waals surface area contributed by atoms with E-state index in [1.54, 1.807) is 13.4 Å². The van der Waals surface area contributed by atoms with Crippen LogP contribution in [0.3, 0.4) is 0 Å². The van der Waals surface area contributed by atoms with Crippen LogP contribution in [0, 0.1) is 0 Å². The molecular formula is C13H15NO3. The van der Waals surface area contributed by atoms with Gasteiger partial charge in [-0.05, 0) is 12.1 Å². The second-order valence-electron chi connectivity index (χ2n) is 3.86. The van der Waals surface area contributed by atoms with Crippen molar-refractivity contribution in [1.29, 1.82) is 0 Å². The van der Waals surface area contributed by atoms with Crippen LogP contribution >= 0.6 is 0 Å². The van der Waals surface area contributed by atoms with Crippen LogP contribution in [0.5, 0.6) is 5.75 Å². The van der Waals surface area contributed by atoms with Gasteiger partial charge in [0.1, 0.15) is 12.0 Å². The fourth-order valence-electron chi connectivity index (χ4n) is 1.55. The van der Waals surface area contributed by atoms with Crippen molar-refractivity contribution in [2.24, 2.45) is 0 Å². The van der Waals surface area contributed by atoms with Crippen molar-refractivity contribution in [2.45, 2.75) is 12.8 Å². The molecular weight excluding hydrogens is 218 g/mol. The summed E-state index contributed by atoms with van der Waals surface area (Å²) >= 11 is 0. The van der Waals surface area contributed by atoms with E-state index in [0.29, 0.717) is 5.89 Å². The largest absolute Gasteiger partial charge is 0.496 e. The second-order valence-corrected chi connectivity index (χ2v) is 3.86. The summed E-state index contributed by atoms with van der Waals surface area (Å²) in [6, 6.07) is 7.53. The molecule has 1 aromatic heterocycles. The number of nitrogens with zero attached hydrogens (tertiary/aromatic N) is 1. The zero-order valence-electron chi connectivity index (χ0n) is 9.88. The van der Waals surface area contributed by atoms with E-state index in [9.17, 15) is 0 Å². The summed E-state index contributed by atoms with van der Waals surface area (Å²) in [5.74, 6) is 1.21. The van der Waals surface area contributed by atoms with E-state index in [-0.39, 0.29) is 12.5 Å². The molecule has 17 heavy (non-hydrogen) atoms. The lowest BCUT2D eigenvalue weighted by Crippen LogP contribution is -1.98. The maximum Gasteiger partial charge on any atom is 0.229 e. The zero-order chi connectivity index (χ0) is 12.3. The minimum atomic E-state index is -0.0257. The number of para-hydroxylation sites is 1. The van der Waals surface area contributed by atoms with Gasteiger partial charge in [-0.3, -0.25) is 0 Å². The van der Waals surface area contributed by atoms with Crippen LogP contribution in [-0.2, 0) is 0 Å². The average molecular weight is 233 g/mol. The van der Waals surface area contributed by atoms with Crippen LogP contribution in [0.15, 0.2) is 34.9 Å². The molecule has 1 N–H and O–H groups in total. The summed E-state index contributed by atoms with van der Waals surface area (Å²) in [5, 5.41) is 9.06. The first-order chi connectivity index (χ1) is 8.26. The van der Waals surface area contributed by atoms with E-state index in [1.807, 2.05) is 31.2 Å². The lowest BCUT2D eigenvalue weighted by atomic mass is 10.1. The monoisotopic (exact) mass is 233 g/mol. The Hall–Kier alpha value is -1.81. The molecule has 1 aromatic carbocycles. The number of hydrogen-bond acceptors (Lipinski definition) is 4. The number of aromatic nitrogens is 1. The molecule has 0 aliphatic carbocycles. The highest BCUT2D eigenvalue weighted by Crippen LogP contribution is 2.29. The highest BCUT2D eigenvalue weighted by Gasteiger charge is 2.14. The van der Waals surface area contributed by atoms with Crippen LogP contribution in [0.4, 0.5) is 0 Å². The molecule has 4 nitrogen and oxygen atoms in total. The molecule has 0 radical (unpaired) electrons. The lowest BCUT2D eigenvalue weighted by molar-refractivity contribution is 0.271. The highest BCUT2D eigenvalue weighted by molar-refractivity contribution is 5.62. The van der Waals surface area contributed by atoms with Gasteiger partial charge in [-0.1, -0.05) is 19.1 Å². The Kier molecular flexibility index (Phi) is 3.44. The number of ether oxygens (including phenoxy) is 1. The van der Waals surface area contributed by atoms with Crippen molar-refractivity contribution >= 4 is 0 Å². The van der Waals surface area contributed by atoms with Gasteiger partial charge < -0.3 is 14.3 Å². The van der Waals surface area contributed by atoms with Gasteiger partial charge in [0.05, 0.1) is 25.0 Å². The first-order valence-corrected chi connectivity index (χ1v) is 5.46. The van der Waals surface area contributed by atoms with Crippen molar-refractivity contribution in [3.63, 3.8) is 0 Å². The Morgan fingerprint density at radius 3 is 2.88 bits per heavy atom. The molecule has 1 heterocycles. The van der Waals surface area contributed by atoms with Gasteiger partial charge in [-0.15, -0.1) is 0 Å². The lowest BCUT2D eigenvalue weighted by Gasteiger charge is -2.04. The number of hydrogen-bond donors (Lipinski definition) is 1. The molecule has 2 aromatic rings. The predicted octanol–water partition coefficient (Wildman–Crippen LogP) is 2.45. The minimum Gasteiger partial charge on any atom is -0.496 e. The smallest absolute Gasteiger partial charge is 0.229 e. The van der Waals surface area contributed by atoms with Crippen LogP contribution in [0.2, 0.25) is 0 Å². The van der Waals surface area contributed by atoms with E-state index in [1.165, 1.54) is 0 Å². The van der Waals surface area contributed by atoms with Crippen molar-refractivity contribution in [3.05, 3.63) is 36.2 Å². The average Bonchev–Trinajstić information content (AvgIpc) is 2.87. The molecule has 1 unspecified atom stereocenters. The van der Waals surface area contributed by atoms with Gasteiger partial charge in [0.25, 0.3) is 0 Å². The summed E-state index contributed by atoms with van der Waals surface area (Å²) in [6.07, 6.45) is 1.57. The second kappa shape index (κ2) is 5.01. The number of oxazole rings is 1. The number of aliphatic hydroxyl groups excluding tert-OH is 1. The fraction of sp³-hybridized carbons (Fsp3) is 0.308. The quantitative estimate of drug-likeness (QED) is 0.881. The molecule has 0 saturated carbocycles. The minimum absolute atomic E-state index is 0.0257. The van der Waals surface area contributed by atoms with Gasteiger partial charge in [0.2, 0.25) is 5.89 Å². The van der Waals surface area contributed by atoms with E-state index >= 15 is 0 Å². The third kappa shape index (κ3) is 2.31. The molecule has 0 spiro atoms. The van der Waals surface area contributed by atoms with Crippen LogP contribution < -0.4 is 4.74 Å². The molecule has 0 amide bonds. The third-order valence-corrected chi connectivity index (χ3v) is 2.64. The zero-order valence-corrected chi connectivity index (χ0v) is 9.88. The molecule has 0 bridgehead atoms. The first-order valence-electron chi connectivity index (χ1n) is 5.46. The fourth-order valence-corrected chi connectivity index (χ4v) is 1.55. The summed E-state index contributed by atoms with van der Waals surface area (Å²) in [6.45, 7) is 1.95. The van der Waals surface area contributed by atoms with Gasteiger partial charge in [-0.2, -0.15) is 0 Å². The SMILES string of the molecule is COc1ccccc1-c1nc(C(C)CO)co1. The summed E-state index contributed by atoms with van der Waals surface area (Å²) in [5.41, 5.74) is 1.56. The van der Waals surface area contributed by atoms with Crippen molar-refractivity contribution in [1.82, 2.24) is 4.98 Å². The van der Waals surface area contributed by atoms with E-state index in [2.05, 4.69) is 4.98 Å². The maximum absolute atomic E-state index is 9.06. The van der Waals surface area contributed by atoms with Gasteiger partial charge >= 0.3 is 0 Å². The van der Waals surface area contributed by atoms with Gasteiger partial charge in [0.15, 0.2) is 0 Å². The van der Waals surface area contributed by atoms with Crippen LogP contribution in [0.1, 0.15) is 18.5 Å². The number of aliphatic hydroxyl groups is 1. The normalized spacial score (nSPS) is 12.4. The number of benzene rings is 1. The van der Waals surface area contributed by atoms with E-state index in [0.717, 1.165) is 17.0 Å². The number of methoxy groups -OCH3 is 1. The van der Waals surface area contributed by atoms with Crippen molar-refractivity contribution in [2.75, 3.05) is 13.7 Å². The van der Waals surface area contributed by atoms with E-state index < -0.39 is 0 Å². The molecule has 90 valence electrons. The Balaban J connectivity index is 2.37.